The quantitative estimate of drug-likeness (QED) is 0.467. The molecule has 0 saturated heterocycles. The molecule has 0 aliphatic carbocycles. The summed E-state index contributed by atoms with van der Waals surface area (Å²) in [5.74, 6) is -1.20. The summed E-state index contributed by atoms with van der Waals surface area (Å²) in [6.45, 7) is 6.75. The zero-order valence-electron chi connectivity index (χ0n) is 17.5. The minimum Gasteiger partial charge on any atom is -0.466 e. The van der Waals surface area contributed by atoms with Gasteiger partial charge in [0.15, 0.2) is 0 Å². The van der Waals surface area contributed by atoms with Crippen LogP contribution in [0, 0.1) is 0 Å². The number of carbonyl (C=O) groups is 3. The predicted octanol–water partition coefficient (Wildman–Crippen LogP) is 3.28. The summed E-state index contributed by atoms with van der Waals surface area (Å²) in [5.41, 5.74) is 2.60. The Morgan fingerprint density at radius 3 is 2.28 bits per heavy atom. The first-order valence-corrected chi connectivity index (χ1v) is 12.9. The highest BCUT2D eigenvalue weighted by atomic mass is 28.3. The Bertz CT molecular complexity index is 906. The molecule has 1 amide bonds. The fourth-order valence-electron chi connectivity index (χ4n) is 3.10. The van der Waals surface area contributed by atoms with Crippen molar-refractivity contribution in [3.8, 4) is 0 Å². The molecule has 0 aromatic heterocycles. The Kier molecular flexibility index (Phi) is 7.33. The number of hydrogen-bond donors (Lipinski definition) is 1. The molecule has 154 valence electrons. The minimum atomic E-state index is -2.03. The van der Waals surface area contributed by atoms with Crippen molar-refractivity contribution in [1.82, 2.24) is 5.32 Å². The lowest BCUT2D eigenvalue weighted by atomic mass is 9.97. The fourth-order valence-corrected chi connectivity index (χ4v) is 4.72. The van der Waals surface area contributed by atoms with Crippen molar-refractivity contribution in [2.24, 2.45) is 0 Å². The van der Waals surface area contributed by atoms with Crippen molar-refractivity contribution in [2.45, 2.75) is 26.1 Å². The first-order valence-electron chi connectivity index (χ1n) is 9.35. The number of nitrogens with one attached hydrogen (secondary N) is 1. The van der Waals surface area contributed by atoms with E-state index in [1.807, 2.05) is 24.3 Å². The number of methoxy groups -OCH3 is 2. The first kappa shape index (κ1) is 22.4. The number of benzene rings is 1. The third-order valence-corrected chi connectivity index (χ3v) is 6.62. The molecule has 29 heavy (non-hydrogen) atoms. The lowest BCUT2D eigenvalue weighted by Gasteiger charge is -2.27. The topological polar surface area (TPSA) is 81.7 Å². The zero-order chi connectivity index (χ0) is 21.6. The van der Waals surface area contributed by atoms with Crippen molar-refractivity contribution in [2.75, 3.05) is 20.8 Å². The van der Waals surface area contributed by atoms with Crippen LogP contribution in [0.25, 0.3) is 6.08 Å². The molecular weight excluding hydrogens is 386 g/mol. The third kappa shape index (κ3) is 5.77. The molecule has 2 rings (SSSR count). The van der Waals surface area contributed by atoms with E-state index < -0.39 is 20.0 Å². The summed E-state index contributed by atoms with van der Waals surface area (Å²) in [6, 6.07) is 7.33. The van der Waals surface area contributed by atoms with Gasteiger partial charge in [-0.1, -0.05) is 49.1 Å². The number of carbonyl (C=O) groups excluding carboxylic acids is 3. The number of fused-ring (bicyclic) bond motifs is 1. The number of rotatable bonds is 3. The van der Waals surface area contributed by atoms with E-state index in [0.29, 0.717) is 29.7 Å². The Hall–Kier alpha value is -2.93. The summed E-state index contributed by atoms with van der Waals surface area (Å²) in [7, 11) is 0.593. The van der Waals surface area contributed by atoms with Gasteiger partial charge in [-0.3, -0.25) is 4.79 Å². The lowest BCUT2D eigenvalue weighted by molar-refractivity contribution is -0.135. The van der Waals surface area contributed by atoms with Crippen LogP contribution >= 0.6 is 0 Å². The summed E-state index contributed by atoms with van der Waals surface area (Å²) >= 11 is 0. The molecule has 7 heteroatoms. The molecule has 0 fully saturated rings. The standard InChI is InChI=1S/C22H27NO5Si/c1-27-20(24)13-16-10-11-23-22(26)17-9-7-6-8-15(17)12-19(29(3,4)5)18(16)14-21(25)28-2/h6-9,12-14H,10-11H2,1-5H3,(H,23,26)/b16-13?,18-14+,19-12+. The SMILES string of the molecule is COC(=O)C=C1CCNC(=O)c2ccccc2/C=C([Si](C)(C)C)\C1=C\C(=O)OC. The minimum absolute atomic E-state index is 0.176. The summed E-state index contributed by atoms with van der Waals surface area (Å²) in [6.07, 6.45) is 5.12. The summed E-state index contributed by atoms with van der Waals surface area (Å²) in [4.78, 5) is 36.8. The predicted molar refractivity (Wildman–Crippen MR) is 115 cm³/mol. The van der Waals surface area contributed by atoms with Crippen LogP contribution in [0.15, 0.2) is 52.8 Å². The number of allylic oxidation sites excluding steroid dienone is 2. The molecule has 1 N–H and O–H groups in total. The molecule has 1 aliphatic heterocycles. The van der Waals surface area contributed by atoms with Crippen molar-refractivity contribution in [3.05, 3.63) is 63.9 Å². The molecule has 0 radical (unpaired) electrons. The van der Waals surface area contributed by atoms with E-state index in [0.717, 1.165) is 10.8 Å². The van der Waals surface area contributed by atoms with Gasteiger partial charge in [-0.05, 0) is 29.2 Å². The Morgan fingerprint density at radius 1 is 1.03 bits per heavy atom. The fraction of sp³-hybridized carbons (Fsp3) is 0.318. The van der Waals surface area contributed by atoms with E-state index in [1.54, 1.807) is 6.07 Å². The summed E-state index contributed by atoms with van der Waals surface area (Å²) < 4.78 is 9.67. The molecule has 0 bridgehead atoms. The molecule has 0 spiro atoms. The molecule has 1 aliphatic rings. The van der Waals surface area contributed by atoms with E-state index in [-0.39, 0.29) is 5.91 Å². The highest BCUT2D eigenvalue weighted by Crippen LogP contribution is 2.33. The molecule has 1 heterocycles. The van der Waals surface area contributed by atoms with Gasteiger partial charge in [0.2, 0.25) is 0 Å². The van der Waals surface area contributed by atoms with E-state index >= 15 is 0 Å². The monoisotopic (exact) mass is 413 g/mol. The second kappa shape index (κ2) is 9.51. The second-order valence-electron chi connectivity index (χ2n) is 7.68. The van der Waals surface area contributed by atoms with Crippen LogP contribution in [-0.4, -0.2) is 46.7 Å². The number of hydrogen-bond acceptors (Lipinski definition) is 5. The van der Waals surface area contributed by atoms with Crippen molar-refractivity contribution in [1.29, 1.82) is 0 Å². The van der Waals surface area contributed by atoms with Crippen molar-refractivity contribution < 1.29 is 23.9 Å². The number of esters is 2. The smallest absolute Gasteiger partial charge is 0.331 e. The number of amides is 1. The van der Waals surface area contributed by atoms with Crippen LogP contribution in [0.1, 0.15) is 22.3 Å². The van der Waals surface area contributed by atoms with Gasteiger partial charge in [-0.15, -0.1) is 0 Å². The van der Waals surface area contributed by atoms with Gasteiger partial charge in [0.1, 0.15) is 0 Å². The van der Waals surface area contributed by atoms with Crippen molar-refractivity contribution >= 4 is 32.0 Å². The molecule has 0 atom stereocenters. The highest BCUT2D eigenvalue weighted by molar-refractivity contribution is 6.84. The van der Waals surface area contributed by atoms with Crippen LogP contribution in [0.5, 0.6) is 0 Å². The maximum atomic E-state index is 12.6. The molecule has 0 unspecified atom stereocenters. The molecule has 6 nitrogen and oxygen atoms in total. The van der Waals surface area contributed by atoms with E-state index in [1.165, 1.54) is 26.4 Å². The van der Waals surface area contributed by atoms with Gasteiger partial charge >= 0.3 is 11.9 Å². The van der Waals surface area contributed by atoms with Crippen LogP contribution in [-0.2, 0) is 19.1 Å². The van der Waals surface area contributed by atoms with E-state index in [9.17, 15) is 14.4 Å². The van der Waals surface area contributed by atoms with Gasteiger partial charge in [-0.25, -0.2) is 9.59 Å². The Balaban J connectivity index is 2.85. The molecule has 0 saturated carbocycles. The van der Waals surface area contributed by atoms with Gasteiger partial charge in [0, 0.05) is 24.3 Å². The largest absolute Gasteiger partial charge is 0.466 e. The third-order valence-electron chi connectivity index (χ3n) is 4.59. The van der Waals surface area contributed by atoms with Crippen molar-refractivity contribution in [3.63, 3.8) is 0 Å². The maximum Gasteiger partial charge on any atom is 0.331 e. The second-order valence-corrected chi connectivity index (χ2v) is 12.7. The van der Waals surface area contributed by atoms with E-state index in [4.69, 9.17) is 9.47 Å². The first-order chi connectivity index (χ1) is 13.7. The average molecular weight is 414 g/mol. The average Bonchev–Trinajstić information content (AvgIpc) is 2.68. The van der Waals surface area contributed by atoms with E-state index in [2.05, 4.69) is 25.0 Å². The van der Waals surface area contributed by atoms with Gasteiger partial charge in [-0.2, -0.15) is 0 Å². The Labute approximate surface area is 172 Å². The molecule has 1 aromatic carbocycles. The molecule has 1 aromatic rings. The zero-order valence-corrected chi connectivity index (χ0v) is 18.5. The number of ether oxygens (including phenoxy) is 2. The van der Waals surface area contributed by atoms with Gasteiger partial charge in [0.05, 0.1) is 22.3 Å². The summed E-state index contributed by atoms with van der Waals surface area (Å²) in [5, 5.41) is 3.82. The van der Waals surface area contributed by atoms with Crippen LogP contribution in [0.4, 0.5) is 0 Å². The molecular formula is C22H27NO5Si. The lowest BCUT2D eigenvalue weighted by Crippen LogP contribution is -2.30. The van der Waals surface area contributed by atoms with Crippen LogP contribution in [0.2, 0.25) is 19.6 Å². The highest BCUT2D eigenvalue weighted by Gasteiger charge is 2.28. The van der Waals surface area contributed by atoms with Gasteiger partial charge < -0.3 is 14.8 Å². The maximum absolute atomic E-state index is 12.6. The Morgan fingerprint density at radius 2 is 1.66 bits per heavy atom. The van der Waals surface area contributed by atoms with Gasteiger partial charge in [0.25, 0.3) is 5.91 Å². The van der Waals surface area contributed by atoms with Crippen LogP contribution < -0.4 is 5.32 Å². The normalized spacial score (nSPS) is 19.6. The van der Waals surface area contributed by atoms with Crippen LogP contribution in [0.3, 0.4) is 0 Å².